The minimum absolute atomic E-state index is 0.116. The van der Waals surface area contributed by atoms with Gasteiger partial charge in [-0.05, 0) is 66.8 Å². The lowest BCUT2D eigenvalue weighted by Gasteiger charge is -2.43. The Balaban J connectivity index is 1.40. The molecular weight excluding hydrogens is 389 g/mol. The van der Waals surface area contributed by atoms with Gasteiger partial charge in [-0.1, -0.05) is 24.3 Å². The maximum Gasteiger partial charge on any atom is 0.194 e. The van der Waals surface area contributed by atoms with Crippen molar-refractivity contribution < 1.29 is 18.0 Å². The quantitative estimate of drug-likeness (QED) is 0.684. The molecule has 1 saturated carbocycles. The SMILES string of the molecule is N#C[C@@H](CC(=O)[C@H]1NC2CCC1CC2)Cc1ccc(-c2cc(F)c(F)c(F)c2)cc1. The third kappa shape index (κ3) is 4.27. The predicted octanol–water partition coefficient (Wildman–Crippen LogP) is 4.94. The fourth-order valence-corrected chi connectivity index (χ4v) is 4.74. The number of ketones is 1. The van der Waals surface area contributed by atoms with Crippen LogP contribution >= 0.6 is 0 Å². The normalized spacial score (nSPS) is 23.7. The largest absolute Gasteiger partial charge is 0.304 e. The van der Waals surface area contributed by atoms with Crippen LogP contribution in [0.4, 0.5) is 13.2 Å². The van der Waals surface area contributed by atoms with Gasteiger partial charge < -0.3 is 5.32 Å². The van der Waals surface area contributed by atoms with Gasteiger partial charge in [0.15, 0.2) is 23.2 Å². The van der Waals surface area contributed by atoms with Crippen molar-refractivity contribution in [2.24, 2.45) is 11.8 Å². The third-order valence-corrected chi connectivity index (χ3v) is 6.39. The van der Waals surface area contributed by atoms with E-state index in [1.54, 1.807) is 24.3 Å². The Morgan fingerprint density at radius 2 is 1.67 bits per heavy atom. The van der Waals surface area contributed by atoms with Gasteiger partial charge in [0.25, 0.3) is 0 Å². The van der Waals surface area contributed by atoms with Crippen LogP contribution in [0.15, 0.2) is 36.4 Å². The fraction of sp³-hybridized carbons (Fsp3) is 0.417. The van der Waals surface area contributed by atoms with Crippen LogP contribution < -0.4 is 5.32 Å². The summed E-state index contributed by atoms with van der Waals surface area (Å²) in [6.07, 6.45) is 5.06. The summed E-state index contributed by atoms with van der Waals surface area (Å²) in [5, 5.41) is 13.0. The molecule has 2 heterocycles. The van der Waals surface area contributed by atoms with Crippen LogP contribution in [0, 0.1) is 40.6 Å². The lowest BCUT2D eigenvalue weighted by Crippen LogP contribution is -2.56. The predicted molar refractivity (Wildman–Crippen MR) is 107 cm³/mol. The Kier molecular flexibility index (Phi) is 5.92. The molecule has 3 fully saturated rings. The van der Waals surface area contributed by atoms with Gasteiger partial charge in [-0.3, -0.25) is 4.79 Å². The molecule has 2 aromatic rings. The Hall–Kier alpha value is -2.65. The van der Waals surface area contributed by atoms with Gasteiger partial charge in [0.2, 0.25) is 0 Å². The lowest BCUT2D eigenvalue weighted by molar-refractivity contribution is -0.125. The van der Waals surface area contributed by atoms with Crippen molar-refractivity contribution in [2.75, 3.05) is 0 Å². The molecule has 2 aliphatic heterocycles. The molecule has 6 heteroatoms. The van der Waals surface area contributed by atoms with E-state index in [4.69, 9.17) is 0 Å². The van der Waals surface area contributed by atoms with Crippen LogP contribution in [-0.2, 0) is 11.2 Å². The fourth-order valence-electron chi connectivity index (χ4n) is 4.74. The zero-order valence-corrected chi connectivity index (χ0v) is 16.5. The average molecular weight is 412 g/mol. The molecule has 0 radical (unpaired) electrons. The molecule has 2 bridgehead atoms. The Morgan fingerprint density at radius 3 is 2.20 bits per heavy atom. The molecule has 0 spiro atoms. The van der Waals surface area contributed by atoms with Crippen molar-refractivity contribution >= 4 is 5.78 Å². The number of carbonyl (C=O) groups is 1. The minimum atomic E-state index is -1.49. The molecule has 2 saturated heterocycles. The maximum atomic E-state index is 13.5. The Morgan fingerprint density at radius 1 is 1.03 bits per heavy atom. The average Bonchev–Trinajstić information content (AvgIpc) is 2.77. The molecule has 3 aliphatic rings. The molecule has 0 aromatic heterocycles. The number of hydrogen-bond donors (Lipinski definition) is 1. The Labute approximate surface area is 173 Å². The topological polar surface area (TPSA) is 52.9 Å². The highest BCUT2D eigenvalue weighted by Crippen LogP contribution is 2.34. The van der Waals surface area contributed by atoms with E-state index in [0.717, 1.165) is 43.4 Å². The number of carbonyl (C=O) groups excluding carboxylic acids is 1. The summed E-state index contributed by atoms with van der Waals surface area (Å²) in [5.41, 5.74) is 1.64. The van der Waals surface area contributed by atoms with Crippen LogP contribution in [0.5, 0.6) is 0 Å². The second kappa shape index (κ2) is 8.61. The van der Waals surface area contributed by atoms with E-state index in [-0.39, 0.29) is 23.8 Å². The van der Waals surface area contributed by atoms with Crippen LogP contribution in [-0.4, -0.2) is 17.9 Å². The van der Waals surface area contributed by atoms with Crippen LogP contribution in [0.1, 0.15) is 37.7 Å². The van der Waals surface area contributed by atoms with Gasteiger partial charge in [0.1, 0.15) is 0 Å². The number of nitrogens with zero attached hydrogens (tertiary/aromatic N) is 1. The summed E-state index contributed by atoms with van der Waals surface area (Å²) in [4.78, 5) is 12.8. The standard InChI is InChI=1S/C24H23F3N2O/c25-20-11-18(12-21(26)23(20)27)16-3-1-14(2-4-16)9-15(13-28)10-22(30)24-17-5-7-19(29-24)8-6-17/h1-4,11-12,15,17,19,24,29H,5-10H2/t15-,17?,19?,24+/m1/s1. The van der Waals surface area contributed by atoms with Gasteiger partial charge in [-0.15, -0.1) is 0 Å². The van der Waals surface area contributed by atoms with E-state index in [1.165, 1.54) is 0 Å². The smallest absolute Gasteiger partial charge is 0.194 e. The van der Waals surface area contributed by atoms with E-state index in [2.05, 4.69) is 11.4 Å². The molecule has 2 atom stereocenters. The van der Waals surface area contributed by atoms with Crippen molar-refractivity contribution in [2.45, 2.75) is 50.6 Å². The van der Waals surface area contributed by atoms with E-state index < -0.39 is 23.4 Å². The van der Waals surface area contributed by atoms with Crippen molar-refractivity contribution in [3.63, 3.8) is 0 Å². The number of piperidine rings is 2. The maximum absolute atomic E-state index is 13.5. The molecule has 1 aliphatic carbocycles. The number of nitriles is 1. The number of halogens is 3. The minimum Gasteiger partial charge on any atom is -0.304 e. The highest BCUT2D eigenvalue weighted by atomic mass is 19.2. The van der Waals surface area contributed by atoms with E-state index in [0.29, 0.717) is 23.9 Å². The van der Waals surface area contributed by atoms with Crippen molar-refractivity contribution in [1.82, 2.24) is 5.32 Å². The van der Waals surface area contributed by atoms with Crippen molar-refractivity contribution in [1.29, 1.82) is 5.26 Å². The number of benzene rings is 2. The third-order valence-electron chi connectivity index (χ3n) is 6.39. The number of hydrogen-bond acceptors (Lipinski definition) is 3. The van der Waals surface area contributed by atoms with E-state index >= 15 is 0 Å². The highest BCUT2D eigenvalue weighted by molar-refractivity contribution is 5.85. The van der Waals surface area contributed by atoms with Crippen molar-refractivity contribution in [3.05, 3.63) is 59.4 Å². The number of fused-ring (bicyclic) bond motifs is 3. The molecule has 30 heavy (non-hydrogen) atoms. The summed E-state index contributed by atoms with van der Waals surface area (Å²) >= 11 is 0. The molecule has 0 amide bonds. The van der Waals surface area contributed by atoms with Crippen LogP contribution in [0.25, 0.3) is 11.1 Å². The first-order chi connectivity index (χ1) is 14.4. The number of nitrogens with one attached hydrogen (secondary N) is 1. The first kappa shape index (κ1) is 20.6. The zero-order chi connectivity index (χ0) is 21.3. The zero-order valence-electron chi connectivity index (χ0n) is 16.5. The second-order valence-corrected chi connectivity index (χ2v) is 8.41. The Bertz CT molecular complexity index is 952. The van der Waals surface area contributed by atoms with Gasteiger partial charge in [0, 0.05) is 12.5 Å². The molecule has 5 rings (SSSR count). The molecule has 156 valence electrons. The van der Waals surface area contributed by atoms with Crippen LogP contribution in [0.2, 0.25) is 0 Å². The molecule has 0 unspecified atom stereocenters. The van der Waals surface area contributed by atoms with Gasteiger partial charge >= 0.3 is 0 Å². The first-order valence-corrected chi connectivity index (χ1v) is 10.4. The van der Waals surface area contributed by atoms with Gasteiger partial charge in [-0.25, -0.2) is 13.2 Å². The summed E-state index contributed by atoms with van der Waals surface area (Å²) < 4.78 is 40.1. The molecular formula is C24H23F3N2O. The summed E-state index contributed by atoms with van der Waals surface area (Å²) in [6, 6.07) is 11.3. The van der Waals surface area contributed by atoms with Gasteiger partial charge in [-0.2, -0.15) is 5.26 Å². The second-order valence-electron chi connectivity index (χ2n) is 8.41. The molecule has 3 nitrogen and oxygen atoms in total. The summed E-state index contributed by atoms with van der Waals surface area (Å²) in [5.74, 6) is -3.88. The monoisotopic (exact) mass is 412 g/mol. The van der Waals surface area contributed by atoms with E-state index in [9.17, 15) is 23.2 Å². The molecule has 2 aromatic carbocycles. The number of rotatable bonds is 6. The van der Waals surface area contributed by atoms with Crippen LogP contribution in [0.3, 0.4) is 0 Å². The summed E-state index contributed by atoms with van der Waals surface area (Å²) in [6.45, 7) is 0. The van der Waals surface area contributed by atoms with Crippen molar-refractivity contribution in [3.8, 4) is 17.2 Å². The summed E-state index contributed by atoms with van der Waals surface area (Å²) in [7, 11) is 0. The lowest BCUT2D eigenvalue weighted by atomic mass is 9.74. The first-order valence-electron chi connectivity index (χ1n) is 10.4. The molecule has 1 N–H and O–H groups in total. The van der Waals surface area contributed by atoms with Gasteiger partial charge in [0.05, 0.1) is 18.0 Å². The number of Topliss-reactive ketones (excluding diaryl/α,β-unsaturated/α-hetero) is 1. The van der Waals surface area contributed by atoms with E-state index in [1.807, 2.05) is 0 Å². The highest BCUT2D eigenvalue weighted by Gasteiger charge is 2.39.